The van der Waals surface area contributed by atoms with Gasteiger partial charge in [0, 0.05) is 25.8 Å². The molecule has 116 valence electrons. The van der Waals surface area contributed by atoms with Crippen LogP contribution in [-0.4, -0.2) is 41.1 Å². The van der Waals surface area contributed by atoms with E-state index in [0.717, 1.165) is 6.42 Å². The minimum absolute atomic E-state index is 0.0887. The standard InChI is InChI=1S/C14H20N2O4S/c1-15-14(17)13-4-2-11(3-5-13)10-21(18,19)16-8-12-6-7-20-9-12/h2-5,12,16H,6-10H2,1H3,(H,15,17). The number of hydrogen-bond acceptors (Lipinski definition) is 4. The zero-order valence-electron chi connectivity index (χ0n) is 12.0. The molecule has 1 aliphatic heterocycles. The van der Waals surface area contributed by atoms with Crippen LogP contribution in [0, 0.1) is 5.92 Å². The molecule has 1 heterocycles. The van der Waals surface area contributed by atoms with Crippen LogP contribution in [0.3, 0.4) is 0 Å². The number of ether oxygens (including phenoxy) is 1. The molecule has 7 heteroatoms. The molecular formula is C14H20N2O4S. The zero-order chi connectivity index (χ0) is 15.3. The van der Waals surface area contributed by atoms with E-state index in [0.29, 0.717) is 30.9 Å². The fourth-order valence-electron chi connectivity index (χ4n) is 2.16. The third-order valence-corrected chi connectivity index (χ3v) is 4.74. The van der Waals surface area contributed by atoms with Crippen LogP contribution in [0.5, 0.6) is 0 Å². The number of carbonyl (C=O) groups is 1. The fraction of sp³-hybridized carbons (Fsp3) is 0.500. The van der Waals surface area contributed by atoms with E-state index in [9.17, 15) is 13.2 Å². The molecule has 1 aromatic carbocycles. The Morgan fingerprint density at radius 1 is 1.33 bits per heavy atom. The van der Waals surface area contributed by atoms with Crippen molar-refractivity contribution in [3.8, 4) is 0 Å². The first-order chi connectivity index (χ1) is 10.00. The predicted molar refractivity (Wildman–Crippen MR) is 79.4 cm³/mol. The SMILES string of the molecule is CNC(=O)c1ccc(CS(=O)(=O)NCC2CCOC2)cc1. The van der Waals surface area contributed by atoms with E-state index < -0.39 is 10.0 Å². The molecule has 1 amide bonds. The van der Waals surface area contributed by atoms with Gasteiger partial charge in [-0.3, -0.25) is 4.79 Å². The van der Waals surface area contributed by atoms with Crippen molar-refractivity contribution in [2.75, 3.05) is 26.8 Å². The summed E-state index contributed by atoms with van der Waals surface area (Å²) in [5.41, 5.74) is 1.16. The van der Waals surface area contributed by atoms with E-state index in [1.165, 1.54) is 0 Å². The third-order valence-electron chi connectivity index (χ3n) is 3.42. The van der Waals surface area contributed by atoms with Crippen molar-refractivity contribution in [1.29, 1.82) is 0 Å². The first-order valence-electron chi connectivity index (χ1n) is 6.86. The van der Waals surface area contributed by atoms with Crippen molar-refractivity contribution in [3.05, 3.63) is 35.4 Å². The number of rotatable bonds is 6. The van der Waals surface area contributed by atoms with Crippen molar-refractivity contribution in [3.63, 3.8) is 0 Å². The molecule has 1 fully saturated rings. The van der Waals surface area contributed by atoms with E-state index in [1.54, 1.807) is 31.3 Å². The molecule has 0 bridgehead atoms. The summed E-state index contributed by atoms with van der Waals surface area (Å²) in [6.07, 6.45) is 0.892. The highest BCUT2D eigenvalue weighted by Crippen LogP contribution is 2.12. The topological polar surface area (TPSA) is 84.5 Å². The number of benzene rings is 1. The summed E-state index contributed by atoms with van der Waals surface area (Å²) in [6, 6.07) is 6.55. The molecule has 21 heavy (non-hydrogen) atoms. The maximum atomic E-state index is 12.0. The highest BCUT2D eigenvalue weighted by atomic mass is 32.2. The lowest BCUT2D eigenvalue weighted by atomic mass is 10.1. The number of hydrogen-bond donors (Lipinski definition) is 2. The fourth-order valence-corrected chi connectivity index (χ4v) is 3.38. The van der Waals surface area contributed by atoms with E-state index in [1.807, 2.05) is 0 Å². The molecule has 2 rings (SSSR count). The van der Waals surface area contributed by atoms with Gasteiger partial charge in [-0.25, -0.2) is 13.1 Å². The molecule has 2 N–H and O–H groups in total. The highest BCUT2D eigenvalue weighted by molar-refractivity contribution is 7.88. The lowest BCUT2D eigenvalue weighted by Gasteiger charge is -2.10. The van der Waals surface area contributed by atoms with Crippen molar-refractivity contribution < 1.29 is 17.9 Å². The lowest BCUT2D eigenvalue weighted by molar-refractivity contribution is 0.0963. The van der Waals surface area contributed by atoms with Gasteiger partial charge >= 0.3 is 0 Å². The highest BCUT2D eigenvalue weighted by Gasteiger charge is 2.19. The predicted octanol–water partition coefficient (Wildman–Crippen LogP) is 0.502. The van der Waals surface area contributed by atoms with Crippen LogP contribution in [0.25, 0.3) is 0 Å². The van der Waals surface area contributed by atoms with E-state index in [4.69, 9.17) is 4.74 Å². The minimum atomic E-state index is -3.37. The van der Waals surface area contributed by atoms with Crippen LogP contribution >= 0.6 is 0 Å². The second-order valence-corrected chi connectivity index (χ2v) is 6.92. The van der Waals surface area contributed by atoms with E-state index >= 15 is 0 Å². The van der Waals surface area contributed by atoms with Gasteiger partial charge in [0.1, 0.15) is 0 Å². The molecule has 0 aromatic heterocycles. The average Bonchev–Trinajstić information content (AvgIpc) is 2.98. The summed E-state index contributed by atoms with van der Waals surface area (Å²) in [5.74, 6) is -0.0200. The maximum Gasteiger partial charge on any atom is 0.251 e. The van der Waals surface area contributed by atoms with Gasteiger partial charge in [-0.1, -0.05) is 12.1 Å². The molecule has 0 aliphatic carbocycles. The van der Waals surface area contributed by atoms with E-state index in [2.05, 4.69) is 10.0 Å². The second-order valence-electron chi connectivity index (χ2n) is 5.11. The first kappa shape index (κ1) is 15.9. The Bertz CT molecular complexity index is 577. The monoisotopic (exact) mass is 312 g/mol. The molecule has 1 atom stereocenters. The molecule has 6 nitrogen and oxygen atoms in total. The quantitative estimate of drug-likeness (QED) is 0.801. The molecule has 1 aromatic rings. The molecular weight excluding hydrogens is 292 g/mol. The van der Waals surface area contributed by atoms with Gasteiger partial charge in [-0.2, -0.15) is 0 Å². The molecule has 1 aliphatic rings. The number of carbonyl (C=O) groups excluding carboxylic acids is 1. The van der Waals surface area contributed by atoms with E-state index in [-0.39, 0.29) is 17.6 Å². The minimum Gasteiger partial charge on any atom is -0.381 e. The number of sulfonamides is 1. The van der Waals surface area contributed by atoms with Gasteiger partial charge in [0.2, 0.25) is 10.0 Å². The van der Waals surface area contributed by atoms with Crippen LogP contribution in [-0.2, 0) is 20.5 Å². The molecule has 0 radical (unpaired) electrons. The van der Waals surface area contributed by atoms with Gasteiger partial charge in [-0.05, 0) is 30.0 Å². The summed E-state index contributed by atoms with van der Waals surface area (Å²) in [7, 11) is -1.81. The van der Waals surface area contributed by atoms with Gasteiger partial charge in [0.25, 0.3) is 5.91 Å². The summed E-state index contributed by atoms with van der Waals surface area (Å²) < 4.78 is 31.8. The Kier molecular flexibility index (Phi) is 5.33. The van der Waals surface area contributed by atoms with Crippen molar-refractivity contribution in [2.45, 2.75) is 12.2 Å². The summed E-state index contributed by atoms with van der Waals surface area (Å²) in [6.45, 7) is 1.73. The Morgan fingerprint density at radius 2 is 2.05 bits per heavy atom. The summed E-state index contributed by atoms with van der Waals surface area (Å²) in [4.78, 5) is 11.4. The van der Waals surface area contributed by atoms with Gasteiger partial charge in [0.15, 0.2) is 0 Å². The lowest BCUT2D eigenvalue weighted by Crippen LogP contribution is -2.30. The van der Waals surface area contributed by atoms with Crippen molar-refractivity contribution in [2.24, 2.45) is 5.92 Å². The normalized spacial score (nSPS) is 18.6. The number of nitrogens with one attached hydrogen (secondary N) is 2. The molecule has 0 spiro atoms. The van der Waals surface area contributed by atoms with Gasteiger partial charge in [0.05, 0.1) is 12.4 Å². The van der Waals surface area contributed by atoms with Crippen LogP contribution in [0.2, 0.25) is 0 Å². The van der Waals surface area contributed by atoms with Crippen LogP contribution in [0.1, 0.15) is 22.3 Å². The second kappa shape index (κ2) is 7.02. The Labute approximate surface area is 124 Å². The zero-order valence-corrected chi connectivity index (χ0v) is 12.8. The maximum absolute atomic E-state index is 12.0. The molecule has 0 saturated carbocycles. The number of amides is 1. The Morgan fingerprint density at radius 3 is 2.62 bits per heavy atom. The van der Waals surface area contributed by atoms with Crippen LogP contribution in [0.4, 0.5) is 0 Å². The smallest absolute Gasteiger partial charge is 0.251 e. The van der Waals surface area contributed by atoms with Crippen LogP contribution < -0.4 is 10.0 Å². The Hall–Kier alpha value is -1.44. The molecule has 1 unspecified atom stereocenters. The van der Waals surface area contributed by atoms with Crippen molar-refractivity contribution >= 4 is 15.9 Å². The third kappa shape index (κ3) is 4.80. The van der Waals surface area contributed by atoms with Crippen molar-refractivity contribution in [1.82, 2.24) is 10.0 Å². The largest absolute Gasteiger partial charge is 0.381 e. The average molecular weight is 312 g/mol. The van der Waals surface area contributed by atoms with Gasteiger partial charge < -0.3 is 10.1 Å². The first-order valence-corrected chi connectivity index (χ1v) is 8.51. The summed E-state index contributed by atoms with van der Waals surface area (Å²) >= 11 is 0. The van der Waals surface area contributed by atoms with Gasteiger partial charge in [-0.15, -0.1) is 0 Å². The Balaban J connectivity index is 1.91. The summed E-state index contributed by atoms with van der Waals surface area (Å²) in [5, 5.41) is 2.52. The molecule has 1 saturated heterocycles. The van der Waals surface area contributed by atoms with Crippen LogP contribution in [0.15, 0.2) is 24.3 Å².